The van der Waals surface area contributed by atoms with Crippen LogP contribution in [0.25, 0.3) is 0 Å². The van der Waals surface area contributed by atoms with Gasteiger partial charge in [0.25, 0.3) is 0 Å². The summed E-state index contributed by atoms with van der Waals surface area (Å²) in [5.41, 5.74) is 12.6. The van der Waals surface area contributed by atoms with Gasteiger partial charge in [0.15, 0.2) is 11.6 Å². The monoisotopic (exact) mass is 198 g/mol. The highest BCUT2D eigenvalue weighted by Gasteiger charge is 2.25. The Kier molecular flexibility index (Phi) is 2.15. The lowest BCUT2D eigenvalue weighted by Gasteiger charge is -2.24. The first-order valence-electron chi connectivity index (χ1n) is 4.63. The van der Waals surface area contributed by atoms with Crippen LogP contribution in [0.15, 0.2) is 6.07 Å². The highest BCUT2D eigenvalue weighted by Crippen LogP contribution is 2.34. The number of fused-ring (bicyclic) bond motifs is 1. The lowest BCUT2D eigenvalue weighted by atomic mass is 9.86. The number of hydrogen-bond donors (Lipinski definition) is 2. The lowest BCUT2D eigenvalue weighted by molar-refractivity contribution is 0.465. The minimum absolute atomic E-state index is 0.272. The van der Waals surface area contributed by atoms with Crippen molar-refractivity contribution in [1.82, 2.24) is 0 Å². The molecule has 0 spiro atoms. The Morgan fingerprint density at radius 2 is 2.07 bits per heavy atom. The second kappa shape index (κ2) is 3.20. The van der Waals surface area contributed by atoms with Gasteiger partial charge in [0, 0.05) is 23.4 Å². The summed E-state index contributed by atoms with van der Waals surface area (Å²) in [6.45, 7) is 0. The van der Waals surface area contributed by atoms with Crippen LogP contribution in [-0.4, -0.2) is 0 Å². The van der Waals surface area contributed by atoms with Crippen LogP contribution in [0.4, 0.5) is 14.5 Å². The van der Waals surface area contributed by atoms with Crippen LogP contribution in [0.1, 0.15) is 30.0 Å². The summed E-state index contributed by atoms with van der Waals surface area (Å²) >= 11 is 0. The number of anilines is 1. The second-order valence-electron chi connectivity index (χ2n) is 3.65. The van der Waals surface area contributed by atoms with Gasteiger partial charge in [-0.15, -0.1) is 0 Å². The standard InChI is InChI=1S/C10H12F2N2/c11-6-4-8(14)5-2-1-3-7(13)9(5)10(6)12/h4,7H,1-3,13-14H2. The summed E-state index contributed by atoms with van der Waals surface area (Å²) in [6, 6.07) is 0.614. The van der Waals surface area contributed by atoms with E-state index in [0.29, 0.717) is 24.1 Å². The van der Waals surface area contributed by atoms with Crippen molar-refractivity contribution in [3.05, 3.63) is 28.8 Å². The first-order chi connectivity index (χ1) is 6.61. The topological polar surface area (TPSA) is 52.0 Å². The highest BCUT2D eigenvalue weighted by molar-refractivity contribution is 5.53. The third-order valence-electron chi connectivity index (χ3n) is 2.71. The van der Waals surface area contributed by atoms with Crippen LogP contribution in [-0.2, 0) is 6.42 Å². The second-order valence-corrected chi connectivity index (χ2v) is 3.65. The number of halogens is 2. The van der Waals surface area contributed by atoms with E-state index in [9.17, 15) is 8.78 Å². The normalized spacial score (nSPS) is 20.6. The Morgan fingerprint density at radius 3 is 2.79 bits per heavy atom. The first kappa shape index (κ1) is 9.40. The Hall–Kier alpha value is -1.16. The van der Waals surface area contributed by atoms with Crippen LogP contribution < -0.4 is 11.5 Å². The number of benzene rings is 1. The molecule has 0 radical (unpaired) electrons. The Balaban J connectivity index is 2.67. The van der Waals surface area contributed by atoms with Crippen molar-refractivity contribution < 1.29 is 8.78 Å². The van der Waals surface area contributed by atoms with Crippen molar-refractivity contribution in [2.24, 2.45) is 5.73 Å². The summed E-state index contributed by atoms with van der Waals surface area (Å²) < 4.78 is 26.4. The van der Waals surface area contributed by atoms with Gasteiger partial charge < -0.3 is 11.5 Å². The number of rotatable bonds is 0. The number of nitrogens with two attached hydrogens (primary N) is 2. The summed E-state index contributed by atoms with van der Waals surface area (Å²) in [5, 5.41) is 0. The van der Waals surface area contributed by atoms with Crippen molar-refractivity contribution in [2.45, 2.75) is 25.3 Å². The van der Waals surface area contributed by atoms with Gasteiger partial charge in [0.2, 0.25) is 0 Å². The van der Waals surface area contributed by atoms with Gasteiger partial charge in [-0.25, -0.2) is 8.78 Å². The summed E-state index contributed by atoms with van der Waals surface area (Å²) in [6.07, 6.45) is 2.25. The first-order valence-corrected chi connectivity index (χ1v) is 4.63. The molecule has 4 N–H and O–H groups in total. The van der Waals surface area contributed by atoms with Crippen LogP contribution in [0.5, 0.6) is 0 Å². The predicted molar refractivity (Wildman–Crippen MR) is 50.6 cm³/mol. The zero-order chi connectivity index (χ0) is 10.3. The van der Waals surface area contributed by atoms with Crippen molar-refractivity contribution in [3.63, 3.8) is 0 Å². The fourth-order valence-electron chi connectivity index (χ4n) is 2.01. The van der Waals surface area contributed by atoms with E-state index in [-0.39, 0.29) is 5.56 Å². The molecule has 0 aliphatic heterocycles. The summed E-state index contributed by atoms with van der Waals surface area (Å²) in [5.74, 6) is -1.74. The van der Waals surface area contributed by atoms with E-state index in [1.165, 1.54) is 0 Å². The Bertz CT molecular complexity index is 377. The van der Waals surface area contributed by atoms with Gasteiger partial charge in [0.05, 0.1) is 0 Å². The lowest BCUT2D eigenvalue weighted by Crippen LogP contribution is -2.21. The van der Waals surface area contributed by atoms with Gasteiger partial charge >= 0.3 is 0 Å². The van der Waals surface area contributed by atoms with Gasteiger partial charge in [0.1, 0.15) is 0 Å². The van der Waals surface area contributed by atoms with Crippen molar-refractivity contribution in [3.8, 4) is 0 Å². The predicted octanol–water partition coefficient (Wildman–Crippen LogP) is 1.88. The minimum atomic E-state index is -0.904. The van der Waals surface area contributed by atoms with E-state index in [1.54, 1.807) is 0 Å². The van der Waals surface area contributed by atoms with Gasteiger partial charge in [-0.3, -0.25) is 0 Å². The molecule has 0 aromatic heterocycles. The molecule has 76 valence electrons. The van der Waals surface area contributed by atoms with Gasteiger partial charge in [-0.05, 0) is 24.8 Å². The highest BCUT2D eigenvalue weighted by atomic mass is 19.2. The molecule has 0 heterocycles. The van der Waals surface area contributed by atoms with E-state index in [0.717, 1.165) is 12.5 Å². The SMILES string of the molecule is Nc1cc(F)c(F)c2c1CCCC2N. The molecule has 1 aromatic carbocycles. The molecular formula is C10H12F2N2. The molecule has 1 atom stereocenters. The maximum absolute atomic E-state index is 13.4. The Morgan fingerprint density at radius 1 is 1.36 bits per heavy atom. The van der Waals surface area contributed by atoms with Crippen molar-refractivity contribution >= 4 is 5.69 Å². The van der Waals surface area contributed by atoms with Gasteiger partial charge in [-0.1, -0.05) is 0 Å². The molecule has 1 unspecified atom stereocenters. The van der Waals surface area contributed by atoms with Crippen LogP contribution >= 0.6 is 0 Å². The molecule has 14 heavy (non-hydrogen) atoms. The Labute approximate surface area is 80.9 Å². The van der Waals surface area contributed by atoms with Crippen LogP contribution in [0, 0.1) is 11.6 Å². The molecule has 2 rings (SSSR count). The number of nitrogen functional groups attached to an aromatic ring is 1. The third kappa shape index (κ3) is 1.26. The smallest absolute Gasteiger partial charge is 0.164 e. The minimum Gasteiger partial charge on any atom is -0.398 e. The molecule has 0 saturated carbocycles. The molecule has 4 heteroatoms. The molecule has 1 aliphatic rings. The molecule has 0 saturated heterocycles. The van der Waals surface area contributed by atoms with Crippen molar-refractivity contribution in [2.75, 3.05) is 5.73 Å². The molecular weight excluding hydrogens is 186 g/mol. The average molecular weight is 198 g/mol. The van der Waals surface area contributed by atoms with Gasteiger partial charge in [-0.2, -0.15) is 0 Å². The van der Waals surface area contributed by atoms with Crippen molar-refractivity contribution in [1.29, 1.82) is 0 Å². The zero-order valence-electron chi connectivity index (χ0n) is 7.69. The largest absolute Gasteiger partial charge is 0.398 e. The van der Waals surface area contributed by atoms with E-state index < -0.39 is 17.7 Å². The van der Waals surface area contributed by atoms with E-state index in [2.05, 4.69) is 0 Å². The quantitative estimate of drug-likeness (QED) is 0.625. The number of hydrogen-bond acceptors (Lipinski definition) is 2. The average Bonchev–Trinajstić information content (AvgIpc) is 2.14. The maximum Gasteiger partial charge on any atom is 0.164 e. The van der Waals surface area contributed by atoms with E-state index in [1.807, 2.05) is 0 Å². The fraction of sp³-hybridized carbons (Fsp3) is 0.400. The molecule has 0 fully saturated rings. The maximum atomic E-state index is 13.4. The third-order valence-corrected chi connectivity index (χ3v) is 2.71. The summed E-state index contributed by atoms with van der Waals surface area (Å²) in [7, 11) is 0. The van der Waals surface area contributed by atoms with Crippen LogP contribution in [0.3, 0.4) is 0 Å². The van der Waals surface area contributed by atoms with E-state index in [4.69, 9.17) is 11.5 Å². The molecule has 0 amide bonds. The van der Waals surface area contributed by atoms with Crippen LogP contribution in [0.2, 0.25) is 0 Å². The molecule has 1 aromatic rings. The zero-order valence-corrected chi connectivity index (χ0v) is 7.69. The molecule has 0 bridgehead atoms. The molecule has 1 aliphatic carbocycles. The fourth-order valence-corrected chi connectivity index (χ4v) is 2.01. The molecule has 2 nitrogen and oxygen atoms in total. The van der Waals surface area contributed by atoms with E-state index >= 15 is 0 Å². The summed E-state index contributed by atoms with van der Waals surface area (Å²) in [4.78, 5) is 0.